The number of carbonyl (C=O) groups is 2. The number of imidazole rings is 1. The number of hydrogen-bond acceptors (Lipinski definition) is 6. The van der Waals surface area contributed by atoms with Crippen LogP contribution in [0, 0.1) is 0 Å². The van der Waals surface area contributed by atoms with Gasteiger partial charge in [-0.05, 0) is 30.3 Å². The number of ether oxygens (including phenoxy) is 3. The van der Waals surface area contributed by atoms with Crippen LogP contribution in [0.2, 0.25) is 0 Å². The Hall–Kier alpha value is -4.01. The van der Waals surface area contributed by atoms with Crippen LogP contribution < -0.4 is 14.2 Å². The quantitative estimate of drug-likeness (QED) is 0.650. The lowest BCUT2D eigenvalue weighted by Crippen LogP contribution is -2.30. The van der Waals surface area contributed by atoms with E-state index in [9.17, 15) is 14.7 Å². The SMILES string of the molecule is COc1ccc(CN2Cc3c(C(=O)O)ncn3-c3ccc(OC)cc3C2=O)c(OC)c1. The van der Waals surface area contributed by atoms with Crippen LogP contribution in [0.4, 0.5) is 0 Å². The van der Waals surface area contributed by atoms with E-state index in [1.54, 1.807) is 54.0 Å². The summed E-state index contributed by atoms with van der Waals surface area (Å²) in [5.74, 6) is 0.307. The predicted molar refractivity (Wildman–Crippen MR) is 110 cm³/mol. The normalized spacial score (nSPS) is 12.6. The van der Waals surface area contributed by atoms with E-state index in [2.05, 4.69) is 4.98 Å². The number of nitrogens with zero attached hydrogens (tertiary/aromatic N) is 3. The minimum atomic E-state index is -1.15. The van der Waals surface area contributed by atoms with Gasteiger partial charge in [-0.3, -0.25) is 9.36 Å². The van der Waals surface area contributed by atoms with Gasteiger partial charge in [-0.2, -0.15) is 0 Å². The van der Waals surface area contributed by atoms with E-state index >= 15 is 0 Å². The largest absolute Gasteiger partial charge is 0.497 e. The van der Waals surface area contributed by atoms with Gasteiger partial charge >= 0.3 is 5.97 Å². The Morgan fingerprint density at radius 3 is 2.45 bits per heavy atom. The molecule has 1 aromatic heterocycles. The van der Waals surface area contributed by atoms with E-state index in [-0.39, 0.29) is 24.7 Å². The number of carboxylic acids is 1. The molecule has 0 unspecified atom stereocenters. The van der Waals surface area contributed by atoms with Crippen molar-refractivity contribution in [2.24, 2.45) is 0 Å². The number of hydrogen-bond donors (Lipinski definition) is 1. The molecular weight excluding hydrogens is 402 g/mol. The number of carboxylic acid groups (broad SMARTS) is 1. The molecule has 9 nitrogen and oxygen atoms in total. The molecule has 4 rings (SSSR count). The average molecular weight is 423 g/mol. The zero-order valence-electron chi connectivity index (χ0n) is 17.3. The lowest BCUT2D eigenvalue weighted by atomic mass is 10.1. The molecule has 1 N–H and O–H groups in total. The first-order chi connectivity index (χ1) is 15.0. The summed E-state index contributed by atoms with van der Waals surface area (Å²) < 4.78 is 17.6. The molecule has 0 saturated carbocycles. The maximum absolute atomic E-state index is 13.5. The fourth-order valence-electron chi connectivity index (χ4n) is 3.67. The van der Waals surface area contributed by atoms with Crippen LogP contribution >= 0.6 is 0 Å². The van der Waals surface area contributed by atoms with Crippen molar-refractivity contribution in [3.05, 3.63) is 65.2 Å². The third-order valence-electron chi connectivity index (χ3n) is 5.25. The third kappa shape index (κ3) is 3.54. The summed E-state index contributed by atoms with van der Waals surface area (Å²) in [5.41, 5.74) is 2.01. The summed E-state index contributed by atoms with van der Waals surface area (Å²) in [6.07, 6.45) is 1.43. The molecule has 0 spiro atoms. The second-order valence-electron chi connectivity index (χ2n) is 6.94. The molecule has 1 aliphatic rings. The van der Waals surface area contributed by atoms with Gasteiger partial charge in [0.25, 0.3) is 5.91 Å². The van der Waals surface area contributed by atoms with Gasteiger partial charge in [-0.15, -0.1) is 0 Å². The molecule has 0 radical (unpaired) electrons. The maximum atomic E-state index is 13.5. The molecule has 0 fully saturated rings. The monoisotopic (exact) mass is 423 g/mol. The van der Waals surface area contributed by atoms with Crippen LogP contribution in [-0.2, 0) is 13.1 Å². The first-order valence-electron chi connectivity index (χ1n) is 9.45. The van der Waals surface area contributed by atoms with Gasteiger partial charge in [0.05, 0.1) is 51.4 Å². The fourth-order valence-corrected chi connectivity index (χ4v) is 3.67. The number of amides is 1. The van der Waals surface area contributed by atoms with Crippen LogP contribution in [0.5, 0.6) is 17.2 Å². The number of carbonyl (C=O) groups excluding carboxylic acids is 1. The predicted octanol–water partition coefficient (Wildman–Crippen LogP) is 2.75. The standard InChI is InChI=1S/C22H21N3O6/c1-29-14-6-7-17-16(8-14)21(26)24(11-18-20(22(27)28)23-12-25(17)18)10-13-4-5-15(30-2)9-19(13)31-3/h4-9,12H,10-11H2,1-3H3,(H,27,28). The lowest BCUT2D eigenvalue weighted by molar-refractivity contribution is 0.0675. The van der Waals surface area contributed by atoms with E-state index in [4.69, 9.17) is 14.2 Å². The number of methoxy groups -OCH3 is 3. The van der Waals surface area contributed by atoms with E-state index in [1.807, 2.05) is 6.07 Å². The highest BCUT2D eigenvalue weighted by Gasteiger charge is 2.31. The summed E-state index contributed by atoms with van der Waals surface area (Å²) >= 11 is 0. The number of aromatic nitrogens is 2. The van der Waals surface area contributed by atoms with Crippen molar-refractivity contribution in [2.75, 3.05) is 21.3 Å². The fraction of sp³-hybridized carbons (Fsp3) is 0.227. The van der Waals surface area contributed by atoms with Gasteiger partial charge in [-0.25, -0.2) is 9.78 Å². The zero-order chi connectivity index (χ0) is 22.1. The maximum Gasteiger partial charge on any atom is 0.356 e. The molecule has 160 valence electrons. The highest BCUT2D eigenvalue weighted by molar-refractivity contribution is 5.99. The first-order valence-corrected chi connectivity index (χ1v) is 9.45. The van der Waals surface area contributed by atoms with Crippen molar-refractivity contribution in [3.8, 4) is 22.9 Å². The van der Waals surface area contributed by atoms with E-state index < -0.39 is 5.97 Å². The molecular formula is C22H21N3O6. The molecule has 0 saturated heterocycles. The molecule has 1 amide bonds. The first kappa shape index (κ1) is 20.3. The smallest absolute Gasteiger partial charge is 0.356 e. The van der Waals surface area contributed by atoms with Gasteiger partial charge in [0.1, 0.15) is 23.6 Å². The Labute approximate surface area is 178 Å². The van der Waals surface area contributed by atoms with Gasteiger partial charge < -0.3 is 24.2 Å². The molecule has 2 aromatic carbocycles. The lowest BCUT2D eigenvalue weighted by Gasteiger charge is -2.22. The summed E-state index contributed by atoms with van der Waals surface area (Å²) in [6.45, 7) is 0.263. The molecule has 0 aliphatic carbocycles. The molecule has 1 aliphatic heterocycles. The minimum Gasteiger partial charge on any atom is -0.497 e. The highest BCUT2D eigenvalue weighted by Crippen LogP contribution is 2.32. The zero-order valence-corrected chi connectivity index (χ0v) is 17.3. The Morgan fingerprint density at radius 1 is 1.06 bits per heavy atom. The second-order valence-corrected chi connectivity index (χ2v) is 6.94. The summed E-state index contributed by atoms with van der Waals surface area (Å²) in [4.78, 5) is 30.9. The molecule has 9 heteroatoms. The van der Waals surface area contributed by atoms with Gasteiger partial charge in [0.2, 0.25) is 0 Å². The van der Waals surface area contributed by atoms with Crippen LogP contribution in [0.25, 0.3) is 5.69 Å². The third-order valence-corrected chi connectivity index (χ3v) is 5.25. The molecule has 0 bridgehead atoms. The number of benzene rings is 2. The Kier molecular flexibility index (Phi) is 5.24. The van der Waals surface area contributed by atoms with Gasteiger partial charge in [0.15, 0.2) is 5.69 Å². The molecule has 31 heavy (non-hydrogen) atoms. The van der Waals surface area contributed by atoms with Gasteiger partial charge in [-0.1, -0.05) is 0 Å². The van der Waals surface area contributed by atoms with E-state index in [1.165, 1.54) is 13.4 Å². The summed E-state index contributed by atoms with van der Waals surface area (Å²) in [6, 6.07) is 10.4. The van der Waals surface area contributed by atoms with Gasteiger partial charge in [0, 0.05) is 11.6 Å². The van der Waals surface area contributed by atoms with Crippen molar-refractivity contribution >= 4 is 11.9 Å². The molecule has 2 heterocycles. The Balaban J connectivity index is 1.83. The second kappa shape index (κ2) is 8.02. The number of fused-ring (bicyclic) bond motifs is 3. The van der Waals surface area contributed by atoms with Crippen LogP contribution in [0.15, 0.2) is 42.7 Å². The van der Waals surface area contributed by atoms with Crippen molar-refractivity contribution in [1.29, 1.82) is 0 Å². The molecule has 3 aromatic rings. The van der Waals surface area contributed by atoms with Crippen LogP contribution in [0.1, 0.15) is 32.1 Å². The van der Waals surface area contributed by atoms with Crippen molar-refractivity contribution in [2.45, 2.75) is 13.1 Å². The average Bonchev–Trinajstić information content (AvgIpc) is 3.17. The topological polar surface area (TPSA) is 103 Å². The van der Waals surface area contributed by atoms with E-state index in [0.717, 1.165) is 5.56 Å². The minimum absolute atomic E-state index is 0.0621. The van der Waals surface area contributed by atoms with E-state index in [0.29, 0.717) is 34.2 Å². The van der Waals surface area contributed by atoms with Crippen LogP contribution in [-0.4, -0.2) is 52.8 Å². The number of aromatic carboxylic acids is 1. The van der Waals surface area contributed by atoms with Crippen molar-refractivity contribution in [1.82, 2.24) is 14.5 Å². The Bertz CT molecular complexity index is 1170. The number of rotatable bonds is 6. The Morgan fingerprint density at radius 2 is 1.77 bits per heavy atom. The highest BCUT2D eigenvalue weighted by atomic mass is 16.5. The van der Waals surface area contributed by atoms with Crippen molar-refractivity contribution < 1.29 is 28.9 Å². The van der Waals surface area contributed by atoms with Crippen molar-refractivity contribution in [3.63, 3.8) is 0 Å². The summed E-state index contributed by atoms with van der Waals surface area (Å²) in [5, 5.41) is 9.60. The summed E-state index contributed by atoms with van der Waals surface area (Å²) in [7, 11) is 4.63. The van der Waals surface area contributed by atoms with Crippen LogP contribution in [0.3, 0.4) is 0 Å². The molecule has 0 atom stereocenters.